The first-order valence-electron chi connectivity index (χ1n) is 6.67. The van der Waals surface area contributed by atoms with Gasteiger partial charge in [0, 0.05) is 23.6 Å². The number of rotatable bonds is 3. The highest BCUT2D eigenvalue weighted by Crippen LogP contribution is 2.23. The Morgan fingerprint density at radius 2 is 2.11 bits per heavy atom. The second kappa shape index (κ2) is 6.05. The molecule has 1 fully saturated rings. The van der Waals surface area contributed by atoms with E-state index in [0.717, 1.165) is 36.8 Å². The van der Waals surface area contributed by atoms with Gasteiger partial charge in [0.05, 0.1) is 6.04 Å². The summed E-state index contributed by atoms with van der Waals surface area (Å²) >= 11 is 3.53. The molecule has 6 heteroatoms. The van der Waals surface area contributed by atoms with Crippen LogP contribution in [0.2, 0.25) is 0 Å². The van der Waals surface area contributed by atoms with Gasteiger partial charge in [0.1, 0.15) is 0 Å². The third kappa shape index (κ3) is 4.04. The molecule has 0 aromatic carbocycles. The predicted molar refractivity (Wildman–Crippen MR) is 77.0 cm³/mol. The van der Waals surface area contributed by atoms with E-state index in [1.54, 1.807) is 0 Å². The van der Waals surface area contributed by atoms with Gasteiger partial charge in [-0.05, 0) is 33.1 Å². The summed E-state index contributed by atoms with van der Waals surface area (Å²) in [5.74, 6) is -0.238. The van der Waals surface area contributed by atoms with E-state index in [9.17, 15) is 9.59 Å². The molecule has 1 atom stereocenters. The van der Waals surface area contributed by atoms with Crippen molar-refractivity contribution in [3.63, 3.8) is 0 Å². The number of nitrogens with zero attached hydrogens (tertiary/aromatic N) is 1. The molecule has 1 heterocycles. The first-order chi connectivity index (χ1) is 8.97. The summed E-state index contributed by atoms with van der Waals surface area (Å²) < 4.78 is 1.14. The lowest BCUT2D eigenvalue weighted by atomic mass is 10.1. The van der Waals surface area contributed by atoms with Crippen molar-refractivity contribution in [1.29, 1.82) is 0 Å². The number of urea groups is 1. The molecule has 106 valence electrons. The molecular weight excluding hydrogens is 310 g/mol. The highest BCUT2D eigenvalue weighted by molar-refractivity contribution is 9.11. The maximum Gasteiger partial charge on any atom is 0.321 e. The SMILES string of the molecule is CC1=C(Br)CN(C(C)C(=O)NC(=O)NC2CC2)CC1. The number of carbonyl (C=O) groups excluding carboxylic acids is 2. The number of amides is 3. The van der Waals surface area contributed by atoms with Crippen molar-refractivity contribution in [2.45, 2.75) is 45.2 Å². The molecule has 2 aliphatic rings. The Balaban J connectivity index is 1.83. The van der Waals surface area contributed by atoms with Crippen molar-refractivity contribution in [2.24, 2.45) is 0 Å². The highest BCUT2D eigenvalue weighted by Gasteiger charge is 2.28. The molecule has 5 nitrogen and oxygen atoms in total. The van der Waals surface area contributed by atoms with Gasteiger partial charge in [0.15, 0.2) is 0 Å². The predicted octanol–water partition coefficient (Wildman–Crippen LogP) is 1.74. The average Bonchev–Trinajstić information content (AvgIpc) is 3.15. The van der Waals surface area contributed by atoms with E-state index in [4.69, 9.17) is 0 Å². The molecule has 0 saturated heterocycles. The van der Waals surface area contributed by atoms with Gasteiger partial charge in [-0.3, -0.25) is 15.0 Å². The van der Waals surface area contributed by atoms with E-state index in [2.05, 4.69) is 38.4 Å². The largest absolute Gasteiger partial charge is 0.335 e. The van der Waals surface area contributed by atoms with Crippen LogP contribution in [0.1, 0.15) is 33.1 Å². The Kier molecular flexibility index (Phi) is 4.62. The van der Waals surface area contributed by atoms with E-state index >= 15 is 0 Å². The summed E-state index contributed by atoms with van der Waals surface area (Å²) in [7, 11) is 0. The maximum absolute atomic E-state index is 12.0. The monoisotopic (exact) mass is 329 g/mol. The summed E-state index contributed by atoms with van der Waals surface area (Å²) in [6.07, 6.45) is 2.98. The Hall–Kier alpha value is -0.880. The molecule has 0 bridgehead atoms. The zero-order valence-corrected chi connectivity index (χ0v) is 12.9. The topological polar surface area (TPSA) is 61.4 Å². The van der Waals surface area contributed by atoms with Gasteiger partial charge in [0.25, 0.3) is 0 Å². The molecular formula is C13H20BrN3O2. The minimum absolute atomic E-state index is 0.238. The zero-order valence-electron chi connectivity index (χ0n) is 11.3. The normalized spacial score (nSPS) is 22.1. The fraction of sp³-hybridized carbons (Fsp3) is 0.692. The van der Waals surface area contributed by atoms with Gasteiger partial charge in [0.2, 0.25) is 5.91 Å². The average molecular weight is 330 g/mol. The van der Waals surface area contributed by atoms with Crippen molar-refractivity contribution in [1.82, 2.24) is 15.5 Å². The molecule has 2 N–H and O–H groups in total. The lowest BCUT2D eigenvalue weighted by Crippen LogP contribution is -2.51. The molecule has 1 aliphatic heterocycles. The standard InChI is InChI=1S/C13H20BrN3O2/c1-8-5-6-17(7-11(8)14)9(2)12(18)16-13(19)15-10-3-4-10/h9-10H,3-7H2,1-2H3,(H2,15,16,18,19). The maximum atomic E-state index is 12.0. The van der Waals surface area contributed by atoms with Gasteiger partial charge < -0.3 is 5.32 Å². The van der Waals surface area contributed by atoms with Crippen LogP contribution in [0.15, 0.2) is 10.1 Å². The van der Waals surface area contributed by atoms with Crippen molar-refractivity contribution in [3.8, 4) is 0 Å². The van der Waals surface area contributed by atoms with Crippen LogP contribution in [0.4, 0.5) is 4.79 Å². The second-order valence-corrected chi connectivity index (χ2v) is 6.28. The summed E-state index contributed by atoms with van der Waals surface area (Å²) in [5, 5.41) is 5.16. The smallest absolute Gasteiger partial charge is 0.321 e. The Morgan fingerprint density at radius 3 is 2.68 bits per heavy atom. The molecule has 19 heavy (non-hydrogen) atoms. The molecule has 3 amide bonds. The van der Waals surface area contributed by atoms with E-state index < -0.39 is 0 Å². The lowest BCUT2D eigenvalue weighted by Gasteiger charge is -2.31. The van der Waals surface area contributed by atoms with E-state index in [0.29, 0.717) is 0 Å². The summed E-state index contributed by atoms with van der Waals surface area (Å²) in [6.45, 7) is 5.50. The molecule has 0 aromatic rings. The third-order valence-corrected chi connectivity index (χ3v) is 4.58. The summed E-state index contributed by atoms with van der Waals surface area (Å²) in [5.41, 5.74) is 1.33. The van der Waals surface area contributed by atoms with E-state index in [1.807, 2.05) is 6.92 Å². The van der Waals surface area contributed by atoms with Gasteiger partial charge in [-0.1, -0.05) is 21.5 Å². The molecule has 1 unspecified atom stereocenters. The summed E-state index contributed by atoms with van der Waals surface area (Å²) in [6, 6.07) is -0.412. The lowest BCUT2D eigenvalue weighted by molar-refractivity contribution is -0.124. The van der Waals surface area contributed by atoms with Gasteiger partial charge in [-0.25, -0.2) is 4.79 Å². The molecule has 1 saturated carbocycles. The number of hydrogen-bond donors (Lipinski definition) is 2. The van der Waals surface area contributed by atoms with Gasteiger partial charge >= 0.3 is 6.03 Å². The minimum Gasteiger partial charge on any atom is -0.335 e. The van der Waals surface area contributed by atoms with E-state index in [-0.39, 0.29) is 24.0 Å². The van der Waals surface area contributed by atoms with Crippen LogP contribution in [0.3, 0.4) is 0 Å². The van der Waals surface area contributed by atoms with Crippen LogP contribution in [0.25, 0.3) is 0 Å². The number of imide groups is 1. The molecule has 2 rings (SSSR count). The van der Waals surface area contributed by atoms with Crippen molar-refractivity contribution < 1.29 is 9.59 Å². The van der Waals surface area contributed by atoms with Crippen molar-refractivity contribution >= 4 is 27.9 Å². The van der Waals surface area contributed by atoms with Crippen LogP contribution in [-0.4, -0.2) is 42.0 Å². The Morgan fingerprint density at radius 1 is 1.42 bits per heavy atom. The number of nitrogens with one attached hydrogen (secondary N) is 2. The van der Waals surface area contributed by atoms with Crippen LogP contribution in [0, 0.1) is 0 Å². The molecule has 0 radical (unpaired) electrons. The van der Waals surface area contributed by atoms with Crippen LogP contribution in [0.5, 0.6) is 0 Å². The third-order valence-electron chi connectivity index (χ3n) is 3.66. The fourth-order valence-corrected chi connectivity index (χ4v) is 2.52. The van der Waals surface area contributed by atoms with Gasteiger partial charge in [-0.15, -0.1) is 0 Å². The summed E-state index contributed by atoms with van der Waals surface area (Å²) in [4.78, 5) is 25.6. The number of carbonyl (C=O) groups is 2. The molecule has 0 spiro atoms. The minimum atomic E-state index is -0.373. The van der Waals surface area contributed by atoms with E-state index in [1.165, 1.54) is 5.57 Å². The van der Waals surface area contributed by atoms with Crippen molar-refractivity contribution in [3.05, 3.63) is 10.1 Å². The highest BCUT2D eigenvalue weighted by atomic mass is 79.9. The molecule has 1 aliphatic carbocycles. The first-order valence-corrected chi connectivity index (χ1v) is 7.46. The Labute approximate surface area is 121 Å². The fourth-order valence-electron chi connectivity index (χ4n) is 2.00. The zero-order chi connectivity index (χ0) is 14.0. The van der Waals surface area contributed by atoms with Crippen LogP contribution >= 0.6 is 15.9 Å². The number of halogens is 1. The number of hydrogen-bond acceptors (Lipinski definition) is 3. The Bertz CT molecular complexity index is 418. The van der Waals surface area contributed by atoms with Crippen molar-refractivity contribution in [2.75, 3.05) is 13.1 Å². The van der Waals surface area contributed by atoms with Gasteiger partial charge in [-0.2, -0.15) is 0 Å². The quantitative estimate of drug-likeness (QED) is 0.829. The van der Waals surface area contributed by atoms with Crippen LogP contribution < -0.4 is 10.6 Å². The van der Waals surface area contributed by atoms with Crippen LogP contribution in [-0.2, 0) is 4.79 Å². The first kappa shape index (κ1) is 14.5. The molecule has 0 aromatic heterocycles. The second-order valence-electron chi connectivity index (χ2n) is 5.32.